The van der Waals surface area contributed by atoms with Gasteiger partial charge in [-0.25, -0.2) is 0 Å². The summed E-state index contributed by atoms with van der Waals surface area (Å²) in [5.41, 5.74) is 4.65. The summed E-state index contributed by atoms with van der Waals surface area (Å²) in [6.07, 6.45) is 0. The smallest absolute Gasteiger partial charge is 0.253 e. The quantitative estimate of drug-likeness (QED) is 0.820. The number of anilines is 2. The van der Waals surface area contributed by atoms with Gasteiger partial charge in [0.25, 0.3) is 5.91 Å². The SMILES string of the molecule is CCN(CC)c1ccc(N2CCN(C(=O)c3ccccc3)CC2)c(C)c1. The number of carbonyl (C=O) groups is 1. The van der Waals surface area contributed by atoms with Crippen molar-refractivity contribution in [3.05, 3.63) is 59.7 Å². The first-order valence-corrected chi connectivity index (χ1v) is 9.59. The maximum absolute atomic E-state index is 12.6. The minimum Gasteiger partial charge on any atom is -0.372 e. The van der Waals surface area contributed by atoms with Crippen LogP contribution in [0.15, 0.2) is 48.5 Å². The van der Waals surface area contributed by atoms with Gasteiger partial charge in [0.15, 0.2) is 0 Å². The van der Waals surface area contributed by atoms with Gasteiger partial charge < -0.3 is 14.7 Å². The Morgan fingerprint density at radius 3 is 2.19 bits per heavy atom. The van der Waals surface area contributed by atoms with E-state index in [1.807, 2.05) is 35.2 Å². The lowest BCUT2D eigenvalue weighted by atomic mass is 10.1. The Hall–Kier alpha value is -2.49. The number of carbonyl (C=O) groups excluding carboxylic acids is 1. The number of nitrogens with zero attached hydrogens (tertiary/aromatic N) is 3. The lowest BCUT2D eigenvalue weighted by Gasteiger charge is -2.37. The molecule has 1 aliphatic heterocycles. The average molecular weight is 351 g/mol. The highest BCUT2D eigenvalue weighted by atomic mass is 16.2. The van der Waals surface area contributed by atoms with Crippen LogP contribution in [0.1, 0.15) is 29.8 Å². The van der Waals surface area contributed by atoms with E-state index in [1.54, 1.807) is 0 Å². The van der Waals surface area contributed by atoms with E-state index < -0.39 is 0 Å². The molecule has 1 amide bonds. The molecule has 0 N–H and O–H groups in total. The Bertz CT molecular complexity index is 732. The summed E-state index contributed by atoms with van der Waals surface area (Å²) in [4.78, 5) is 19.3. The van der Waals surface area contributed by atoms with Gasteiger partial charge >= 0.3 is 0 Å². The predicted octanol–water partition coefficient (Wildman–Crippen LogP) is 3.80. The van der Waals surface area contributed by atoms with Gasteiger partial charge in [-0.05, 0) is 56.7 Å². The predicted molar refractivity (Wildman–Crippen MR) is 109 cm³/mol. The van der Waals surface area contributed by atoms with E-state index in [0.717, 1.165) is 44.8 Å². The van der Waals surface area contributed by atoms with Crippen molar-refractivity contribution in [1.82, 2.24) is 4.90 Å². The Balaban J connectivity index is 1.65. The number of aryl methyl sites for hydroxylation is 1. The third-order valence-electron chi connectivity index (χ3n) is 5.24. The standard InChI is InChI=1S/C22H29N3O/c1-4-23(5-2)20-11-12-21(18(3)17-20)24-13-15-25(16-14-24)22(26)19-9-7-6-8-10-19/h6-12,17H,4-5,13-16H2,1-3H3. The molecule has 0 aromatic heterocycles. The fourth-order valence-corrected chi connectivity index (χ4v) is 3.69. The first kappa shape index (κ1) is 18.3. The lowest BCUT2D eigenvalue weighted by Crippen LogP contribution is -2.49. The van der Waals surface area contributed by atoms with Gasteiger partial charge in [-0.2, -0.15) is 0 Å². The Morgan fingerprint density at radius 1 is 0.962 bits per heavy atom. The molecule has 1 aliphatic rings. The molecular formula is C22H29N3O. The molecule has 0 saturated carbocycles. The molecule has 0 aliphatic carbocycles. The molecule has 4 heteroatoms. The molecule has 3 rings (SSSR count). The normalized spacial score (nSPS) is 14.4. The van der Waals surface area contributed by atoms with Crippen molar-refractivity contribution >= 4 is 17.3 Å². The molecule has 2 aromatic carbocycles. The molecule has 0 atom stereocenters. The number of hydrogen-bond acceptors (Lipinski definition) is 3. The van der Waals surface area contributed by atoms with Crippen LogP contribution in [0.25, 0.3) is 0 Å². The van der Waals surface area contributed by atoms with Gasteiger partial charge in [0, 0.05) is 56.2 Å². The third-order valence-corrected chi connectivity index (χ3v) is 5.24. The van der Waals surface area contributed by atoms with Crippen LogP contribution < -0.4 is 9.80 Å². The van der Waals surface area contributed by atoms with Crippen molar-refractivity contribution in [1.29, 1.82) is 0 Å². The summed E-state index contributed by atoms with van der Waals surface area (Å²) in [7, 11) is 0. The first-order valence-electron chi connectivity index (χ1n) is 9.59. The molecule has 1 fully saturated rings. The summed E-state index contributed by atoms with van der Waals surface area (Å²) in [5, 5.41) is 0. The third kappa shape index (κ3) is 3.85. The van der Waals surface area contributed by atoms with Crippen molar-refractivity contribution in [2.45, 2.75) is 20.8 Å². The van der Waals surface area contributed by atoms with Crippen molar-refractivity contribution in [3.63, 3.8) is 0 Å². The van der Waals surface area contributed by atoms with Crippen LogP contribution in [0.4, 0.5) is 11.4 Å². The second-order valence-electron chi connectivity index (χ2n) is 6.79. The maximum Gasteiger partial charge on any atom is 0.253 e. The zero-order chi connectivity index (χ0) is 18.5. The topological polar surface area (TPSA) is 26.8 Å². The number of rotatable bonds is 5. The molecule has 0 bridgehead atoms. The van der Waals surface area contributed by atoms with Crippen LogP contribution in [-0.2, 0) is 0 Å². The molecule has 1 saturated heterocycles. The summed E-state index contributed by atoms with van der Waals surface area (Å²) < 4.78 is 0. The zero-order valence-electron chi connectivity index (χ0n) is 16.1. The molecule has 26 heavy (non-hydrogen) atoms. The van der Waals surface area contributed by atoms with Crippen LogP contribution in [0.3, 0.4) is 0 Å². The van der Waals surface area contributed by atoms with Crippen molar-refractivity contribution in [2.24, 2.45) is 0 Å². The summed E-state index contributed by atoms with van der Waals surface area (Å²) >= 11 is 0. The zero-order valence-corrected chi connectivity index (χ0v) is 16.1. The van der Waals surface area contributed by atoms with E-state index in [1.165, 1.54) is 16.9 Å². The molecule has 0 radical (unpaired) electrons. The van der Waals surface area contributed by atoms with Gasteiger partial charge in [0.1, 0.15) is 0 Å². The largest absolute Gasteiger partial charge is 0.372 e. The monoisotopic (exact) mass is 351 g/mol. The molecule has 138 valence electrons. The maximum atomic E-state index is 12.6. The van der Waals surface area contributed by atoms with E-state index in [-0.39, 0.29) is 5.91 Å². The van der Waals surface area contributed by atoms with Crippen LogP contribution in [0, 0.1) is 6.92 Å². The lowest BCUT2D eigenvalue weighted by molar-refractivity contribution is 0.0747. The molecule has 4 nitrogen and oxygen atoms in total. The first-order chi connectivity index (χ1) is 12.6. The highest BCUT2D eigenvalue weighted by Crippen LogP contribution is 2.26. The van der Waals surface area contributed by atoms with Gasteiger partial charge in [0.2, 0.25) is 0 Å². The van der Waals surface area contributed by atoms with Crippen LogP contribution >= 0.6 is 0 Å². The molecule has 1 heterocycles. The Kier molecular flexibility index (Phi) is 5.82. The summed E-state index contributed by atoms with van der Waals surface area (Å²) in [5.74, 6) is 0.138. The highest BCUT2D eigenvalue weighted by molar-refractivity contribution is 5.94. The molecular weight excluding hydrogens is 322 g/mol. The van der Waals surface area contributed by atoms with E-state index in [2.05, 4.69) is 48.8 Å². The number of amides is 1. The minimum atomic E-state index is 0.138. The van der Waals surface area contributed by atoms with Crippen molar-refractivity contribution in [2.75, 3.05) is 49.1 Å². The molecule has 2 aromatic rings. The fourth-order valence-electron chi connectivity index (χ4n) is 3.69. The van der Waals surface area contributed by atoms with Gasteiger partial charge in [-0.1, -0.05) is 18.2 Å². The number of piperazine rings is 1. The fraction of sp³-hybridized carbons (Fsp3) is 0.409. The van der Waals surface area contributed by atoms with Crippen LogP contribution in [-0.4, -0.2) is 50.1 Å². The number of hydrogen-bond donors (Lipinski definition) is 0. The highest BCUT2D eigenvalue weighted by Gasteiger charge is 2.23. The van der Waals surface area contributed by atoms with Crippen molar-refractivity contribution in [3.8, 4) is 0 Å². The van der Waals surface area contributed by atoms with E-state index in [4.69, 9.17) is 0 Å². The van der Waals surface area contributed by atoms with Gasteiger partial charge in [0.05, 0.1) is 0 Å². The molecule has 0 spiro atoms. The second-order valence-corrected chi connectivity index (χ2v) is 6.79. The Labute approximate surface area is 157 Å². The van der Waals surface area contributed by atoms with Gasteiger partial charge in [-0.15, -0.1) is 0 Å². The summed E-state index contributed by atoms with van der Waals surface area (Å²) in [6.45, 7) is 11.9. The number of benzene rings is 2. The van der Waals surface area contributed by atoms with E-state index in [0.29, 0.717) is 0 Å². The van der Waals surface area contributed by atoms with E-state index >= 15 is 0 Å². The van der Waals surface area contributed by atoms with Crippen LogP contribution in [0.2, 0.25) is 0 Å². The minimum absolute atomic E-state index is 0.138. The summed E-state index contributed by atoms with van der Waals surface area (Å²) in [6, 6.07) is 16.3. The second kappa shape index (κ2) is 8.26. The van der Waals surface area contributed by atoms with Gasteiger partial charge in [-0.3, -0.25) is 4.79 Å². The van der Waals surface area contributed by atoms with Crippen LogP contribution in [0.5, 0.6) is 0 Å². The van der Waals surface area contributed by atoms with Crippen molar-refractivity contribution < 1.29 is 4.79 Å². The Morgan fingerprint density at radius 2 is 1.62 bits per heavy atom. The van der Waals surface area contributed by atoms with E-state index in [9.17, 15) is 4.79 Å². The molecule has 0 unspecified atom stereocenters. The average Bonchev–Trinajstić information content (AvgIpc) is 2.69.